The summed E-state index contributed by atoms with van der Waals surface area (Å²) in [5, 5.41) is 36.8. The van der Waals surface area contributed by atoms with E-state index in [2.05, 4.69) is 74.5 Å². The number of fused-ring (bicyclic) bond motifs is 4. The smallest absolute Gasteiger partial charge is 0.351 e. The lowest BCUT2D eigenvalue weighted by Crippen LogP contribution is -2.42. The van der Waals surface area contributed by atoms with Crippen molar-refractivity contribution in [1.29, 1.82) is 0 Å². The largest absolute Gasteiger partial charge is 0.394 e. The van der Waals surface area contributed by atoms with Gasteiger partial charge in [-0.05, 0) is 42.5 Å². The van der Waals surface area contributed by atoms with Crippen LogP contribution in [0.5, 0.6) is 0 Å². The Morgan fingerprint density at radius 2 is 1.50 bits per heavy atom. The summed E-state index contributed by atoms with van der Waals surface area (Å²) in [6.07, 6.45) is -1.59. The molecule has 4 aromatic rings. The van der Waals surface area contributed by atoms with Crippen molar-refractivity contribution in [2.24, 2.45) is 4.99 Å². The summed E-state index contributed by atoms with van der Waals surface area (Å²) in [5.41, 5.74) is 7.94. The summed E-state index contributed by atoms with van der Waals surface area (Å²) >= 11 is 3.42. The molecule has 8 N–H and O–H groups in total. The number of urea groups is 1. The Bertz CT molecular complexity index is 1800. The Hall–Kier alpha value is -4.64. The fourth-order valence-corrected chi connectivity index (χ4v) is 6.65. The summed E-state index contributed by atoms with van der Waals surface area (Å²) < 4.78 is 6.19. The molecule has 0 bridgehead atoms. The first-order valence-corrected chi connectivity index (χ1v) is 15.7. The van der Waals surface area contributed by atoms with Crippen LogP contribution >= 0.6 is 23.5 Å². The van der Waals surface area contributed by atoms with Gasteiger partial charge in [-0.1, -0.05) is 59.9 Å². The number of anilines is 3. The summed E-state index contributed by atoms with van der Waals surface area (Å²) in [7, 11) is 0. The van der Waals surface area contributed by atoms with E-state index in [1.165, 1.54) is 33.4 Å². The summed E-state index contributed by atoms with van der Waals surface area (Å²) in [4.78, 5) is 35.1. The molecule has 4 atom stereocenters. The van der Waals surface area contributed by atoms with Crippen LogP contribution in [0.25, 0.3) is 0 Å². The van der Waals surface area contributed by atoms with Gasteiger partial charge in [-0.25, -0.2) is 14.6 Å². The van der Waals surface area contributed by atoms with E-state index in [4.69, 9.17) is 15.6 Å². The number of aliphatic imine (C=N–C) groups is 1. The number of nitrogens with two attached hydrogens (primary N) is 1. The summed E-state index contributed by atoms with van der Waals surface area (Å²) in [5.74, 6) is 0.681. The molecule has 4 aliphatic rings. The molecule has 3 aromatic carbocycles. The van der Waals surface area contributed by atoms with E-state index >= 15 is 0 Å². The zero-order valence-electron chi connectivity index (χ0n) is 24.0. The number of rotatable bonds is 2. The highest BCUT2D eigenvalue weighted by Crippen LogP contribution is 2.43. The number of nitrogens with one attached hydrogen (secondary N) is 3. The third-order valence-electron chi connectivity index (χ3n) is 7.02. The van der Waals surface area contributed by atoms with E-state index in [1.54, 1.807) is 18.0 Å². The highest BCUT2D eigenvalue weighted by atomic mass is 32.2. The van der Waals surface area contributed by atoms with Gasteiger partial charge in [-0.2, -0.15) is 4.98 Å². The first kappa shape index (κ1) is 31.3. The molecule has 5 heterocycles. The molecule has 0 spiro atoms. The van der Waals surface area contributed by atoms with E-state index in [-0.39, 0.29) is 11.8 Å². The Morgan fingerprint density at radius 3 is 2.15 bits per heavy atom. The predicted octanol–water partition coefficient (Wildman–Crippen LogP) is 3.31. The number of nitrogens with zero attached hydrogens (tertiary/aromatic N) is 3. The number of nitrogen functional groups attached to an aromatic ring is 1. The molecule has 0 radical (unpaired) electrons. The molecule has 1 saturated heterocycles. The molecule has 8 rings (SSSR count). The lowest BCUT2D eigenvalue weighted by Gasteiger charge is -2.21. The lowest BCUT2D eigenvalue weighted by molar-refractivity contribution is -0.0549. The number of para-hydroxylation sites is 3. The van der Waals surface area contributed by atoms with Gasteiger partial charge in [0.1, 0.15) is 30.0 Å². The number of thioether (sulfide) groups is 1. The molecule has 1 fully saturated rings. The fraction of sp³-hybridized carbons (Fsp3) is 0.161. The zero-order chi connectivity index (χ0) is 32.2. The third kappa shape index (κ3) is 6.79. The van der Waals surface area contributed by atoms with Gasteiger partial charge in [0, 0.05) is 27.1 Å². The molecule has 46 heavy (non-hydrogen) atoms. The Morgan fingerprint density at radius 1 is 0.848 bits per heavy atom. The minimum absolute atomic E-state index is 0.0537. The molecule has 2 amide bonds. The predicted molar refractivity (Wildman–Crippen MR) is 175 cm³/mol. The van der Waals surface area contributed by atoms with Crippen LogP contribution in [-0.2, 0) is 4.74 Å². The number of benzene rings is 3. The number of carbonyl (C=O) groups is 1. The molecule has 0 unspecified atom stereocenters. The summed E-state index contributed by atoms with van der Waals surface area (Å²) in [6.45, 7) is -0.453. The van der Waals surface area contributed by atoms with Crippen LogP contribution < -0.4 is 27.4 Å². The van der Waals surface area contributed by atoms with Crippen molar-refractivity contribution in [3.8, 4) is 0 Å². The van der Waals surface area contributed by atoms with E-state index in [0.29, 0.717) is 5.84 Å². The topological polar surface area (TPSA) is 196 Å². The molecular weight excluding hydrogens is 631 g/mol. The number of amides is 2. The SMILES string of the molecule is Nc1ccn([C@@H]2O[C@H](CO)[C@@H](O)[C@H]2O)c(=O)n1.O=C1NC=C2Sc3ccccc3N=C2N1.c1ccc2c(c1)Nc1ccccc1S2. The Kier molecular flexibility index (Phi) is 9.39. The maximum atomic E-state index is 11.5. The quantitative estimate of drug-likeness (QED) is 0.147. The van der Waals surface area contributed by atoms with Crippen molar-refractivity contribution in [2.45, 2.75) is 39.2 Å². The number of ether oxygens (including phenoxy) is 1. The van der Waals surface area contributed by atoms with E-state index < -0.39 is 36.8 Å². The minimum atomic E-state index is -1.31. The van der Waals surface area contributed by atoms with Crippen molar-refractivity contribution < 1.29 is 24.9 Å². The number of carbonyl (C=O) groups excluding carboxylic acids is 1. The van der Waals surface area contributed by atoms with Gasteiger partial charge in [0.2, 0.25) is 0 Å². The number of aliphatic hydroxyl groups excluding tert-OH is 3. The van der Waals surface area contributed by atoms with Crippen LogP contribution in [0.15, 0.2) is 121 Å². The van der Waals surface area contributed by atoms with E-state index in [1.807, 2.05) is 36.0 Å². The second-order valence-electron chi connectivity index (χ2n) is 10.1. The maximum Gasteiger partial charge on any atom is 0.351 e. The van der Waals surface area contributed by atoms with Gasteiger partial charge in [-0.15, -0.1) is 0 Å². The average molecular weight is 660 g/mol. The normalized spacial score (nSPS) is 21.8. The summed E-state index contributed by atoms with van der Waals surface area (Å²) in [6, 6.07) is 25.7. The van der Waals surface area contributed by atoms with Crippen molar-refractivity contribution in [3.05, 3.63) is 107 Å². The standard InChI is InChI=1S/C12H9NS.C10H7N3OS.C9H13N3O5/c1-3-7-11-9(5-1)13-10-6-2-4-8-12(10)14-11;14-10-11-5-8-9(13-10)12-6-3-1-2-4-7(6)15-8;10-5-1-2-12(9(16)11-5)8-7(15)6(14)4(3-13)17-8/h1-8,13H;1-5H,(H2,11,12,13,14);1-2,4,6-8,13-15H,3H2,(H2,10,11,16)/t;;4-,6-,7-,8-/m..1/s1. The van der Waals surface area contributed by atoms with Gasteiger partial charge < -0.3 is 36.4 Å². The number of hydrogen-bond acceptors (Lipinski definition) is 12. The molecule has 15 heteroatoms. The minimum Gasteiger partial charge on any atom is -0.394 e. The van der Waals surface area contributed by atoms with E-state index in [0.717, 1.165) is 20.1 Å². The highest BCUT2D eigenvalue weighted by molar-refractivity contribution is 8.04. The van der Waals surface area contributed by atoms with Gasteiger partial charge in [0.25, 0.3) is 0 Å². The van der Waals surface area contributed by atoms with Crippen molar-refractivity contribution in [2.75, 3.05) is 17.7 Å². The van der Waals surface area contributed by atoms with Crippen molar-refractivity contribution in [1.82, 2.24) is 20.2 Å². The van der Waals surface area contributed by atoms with Gasteiger partial charge >= 0.3 is 11.7 Å². The maximum absolute atomic E-state index is 11.5. The van der Waals surface area contributed by atoms with Crippen LogP contribution in [0, 0.1) is 0 Å². The molecule has 13 nitrogen and oxygen atoms in total. The van der Waals surface area contributed by atoms with Crippen molar-refractivity contribution in [3.63, 3.8) is 0 Å². The van der Waals surface area contributed by atoms with Crippen LogP contribution in [-0.4, -0.2) is 61.7 Å². The lowest BCUT2D eigenvalue weighted by atomic mass is 10.1. The van der Waals surface area contributed by atoms with Gasteiger partial charge in [-0.3, -0.25) is 9.88 Å². The molecule has 4 aliphatic heterocycles. The third-order valence-corrected chi connectivity index (χ3v) is 9.27. The monoisotopic (exact) mass is 659 g/mol. The Balaban J connectivity index is 0.000000122. The average Bonchev–Trinajstić information content (AvgIpc) is 3.35. The van der Waals surface area contributed by atoms with Crippen LogP contribution in [0.4, 0.5) is 27.7 Å². The zero-order valence-corrected chi connectivity index (χ0v) is 25.6. The van der Waals surface area contributed by atoms with Gasteiger partial charge in [0.05, 0.1) is 28.6 Å². The second-order valence-corrected chi connectivity index (χ2v) is 12.3. The molecule has 1 aromatic heterocycles. The number of hydrogen-bond donors (Lipinski definition) is 7. The van der Waals surface area contributed by atoms with Gasteiger partial charge in [0.15, 0.2) is 6.23 Å². The van der Waals surface area contributed by atoms with Crippen LogP contribution in [0.2, 0.25) is 0 Å². The molecule has 0 aliphatic carbocycles. The molecule has 236 valence electrons. The van der Waals surface area contributed by atoms with Crippen LogP contribution in [0.3, 0.4) is 0 Å². The van der Waals surface area contributed by atoms with Crippen LogP contribution in [0.1, 0.15) is 6.23 Å². The second kappa shape index (κ2) is 13.8. The Labute approximate surface area is 271 Å². The molecular formula is C31H29N7O6S2. The number of amidine groups is 1. The first-order chi connectivity index (χ1) is 22.3. The fourth-order valence-electron chi connectivity index (χ4n) is 4.75. The molecule has 0 saturated carbocycles. The number of aliphatic hydroxyl groups is 3. The number of aromatic nitrogens is 2. The van der Waals surface area contributed by atoms with E-state index in [9.17, 15) is 19.8 Å². The highest BCUT2D eigenvalue weighted by Gasteiger charge is 2.43. The van der Waals surface area contributed by atoms with Crippen molar-refractivity contribution >= 4 is 58.3 Å². The first-order valence-electron chi connectivity index (χ1n) is 14.0.